The third-order valence-electron chi connectivity index (χ3n) is 6.16. The van der Waals surface area contributed by atoms with Gasteiger partial charge in [0.15, 0.2) is 0 Å². The van der Waals surface area contributed by atoms with E-state index in [-0.39, 0.29) is 24.4 Å². The summed E-state index contributed by atoms with van der Waals surface area (Å²) in [5.41, 5.74) is 0.834. The lowest BCUT2D eigenvalue weighted by Gasteiger charge is -2.28. The first kappa shape index (κ1) is 30.3. The Morgan fingerprint density at radius 3 is 2.32 bits per heavy atom. The molecule has 1 aromatic carbocycles. The Morgan fingerprint density at radius 2 is 1.70 bits per heavy atom. The van der Waals surface area contributed by atoms with Crippen LogP contribution in [0.4, 0.5) is 4.79 Å². The summed E-state index contributed by atoms with van der Waals surface area (Å²) in [6.07, 6.45) is 0.918. The molecule has 1 fully saturated rings. The molecule has 1 aliphatic heterocycles. The molecule has 206 valence electrons. The Kier molecular flexibility index (Phi) is 11.6. The van der Waals surface area contributed by atoms with Gasteiger partial charge in [-0.25, -0.2) is 9.59 Å². The number of hydrogen-bond donors (Lipinski definition) is 2. The fraction of sp³-hybridized carbons (Fsp3) is 0.630. The highest BCUT2D eigenvalue weighted by Crippen LogP contribution is 2.20. The number of nitrogens with zero attached hydrogens (tertiary/aromatic N) is 1. The molecule has 3 atom stereocenters. The van der Waals surface area contributed by atoms with Gasteiger partial charge in [-0.05, 0) is 43.7 Å². The lowest BCUT2D eigenvalue weighted by atomic mass is 10.0. The number of ether oxygens (including phenoxy) is 2. The number of amides is 3. The minimum Gasteiger partial charge on any atom is -0.464 e. The van der Waals surface area contributed by atoms with Crippen molar-refractivity contribution in [1.82, 2.24) is 15.5 Å². The second-order valence-corrected chi connectivity index (χ2v) is 16.9. The first-order valence-electron chi connectivity index (χ1n) is 13.1. The number of alkyl carbamates (subject to hydrolysis) is 1. The zero-order valence-electron chi connectivity index (χ0n) is 23.0. The molecule has 0 bridgehead atoms. The van der Waals surface area contributed by atoms with Crippen LogP contribution in [0.25, 0.3) is 0 Å². The van der Waals surface area contributed by atoms with Crippen molar-refractivity contribution in [3.05, 3.63) is 35.9 Å². The van der Waals surface area contributed by atoms with Crippen molar-refractivity contribution in [2.75, 3.05) is 13.2 Å². The van der Waals surface area contributed by atoms with Gasteiger partial charge in [-0.2, -0.15) is 0 Å². The fourth-order valence-corrected chi connectivity index (χ4v) is 4.78. The molecule has 0 unspecified atom stereocenters. The van der Waals surface area contributed by atoms with E-state index in [1.807, 2.05) is 44.2 Å². The molecule has 3 amide bonds. The zero-order chi connectivity index (χ0) is 27.6. The van der Waals surface area contributed by atoms with E-state index in [0.29, 0.717) is 32.4 Å². The Bertz CT molecular complexity index is 918. The molecule has 10 heteroatoms. The van der Waals surface area contributed by atoms with E-state index in [4.69, 9.17) is 9.47 Å². The Hall–Kier alpha value is -2.88. The monoisotopic (exact) mass is 533 g/mol. The van der Waals surface area contributed by atoms with Crippen LogP contribution in [0.15, 0.2) is 30.3 Å². The average Bonchev–Trinajstić information content (AvgIpc) is 3.31. The van der Waals surface area contributed by atoms with Gasteiger partial charge in [0.1, 0.15) is 24.7 Å². The standard InChI is InChI=1S/C27H43N3O6Si/c1-19(2)17-22(29-27(34)36-18-21-11-8-7-9-12-21)24(31)28-20(3)25(32)30-14-10-13-23(30)26(33)35-15-16-37(4,5)6/h7-9,11-12,19-20,22-23H,10,13-18H2,1-6H3,(H,28,31)(H,29,34)/t20-,22-,23-/m0/s1. The Labute approximate surface area is 221 Å². The van der Waals surface area contributed by atoms with Crippen LogP contribution in [0.5, 0.6) is 0 Å². The molecular weight excluding hydrogens is 490 g/mol. The molecule has 0 aliphatic carbocycles. The van der Waals surface area contributed by atoms with Gasteiger partial charge in [-0.15, -0.1) is 0 Å². The quantitative estimate of drug-likeness (QED) is 0.313. The summed E-state index contributed by atoms with van der Waals surface area (Å²) in [5, 5.41) is 5.34. The van der Waals surface area contributed by atoms with Crippen molar-refractivity contribution >= 4 is 32.0 Å². The van der Waals surface area contributed by atoms with Crippen molar-refractivity contribution < 1.29 is 28.7 Å². The van der Waals surface area contributed by atoms with Gasteiger partial charge in [0, 0.05) is 14.6 Å². The second-order valence-electron chi connectivity index (χ2n) is 11.3. The lowest BCUT2D eigenvalue weighted by molar-refractivity contribution is -0.153. The number of rotatable bonds is 12. The maximum absolute atomic E-state index is 13.2. The van der Waals surface area contributed by atoms with Crippen LogP contribution in [0, 0.1) is 5.92 Å². The topological polar surface area (TPSA) is 114 Å². The minimum atomic E-state index is -1.34. The number of benzene rings is 1. The molecule has 2 N–H and O–H groups in total. The van der Waals surface area contributed by atoms with E-state index in [2.05, 4.69) is 30.3 Å². The summed E-state index contributed by atoms with van der Waals surface area (Å²) in [6.45, 7) is 13.0. The van der Waals surface area contributed by atoms with Gasteiger partial charge in [-0.3, -0.25) is 9.59 Å². The highest BCUT2D eigenvalue weighted by Gasteiger charge is 2.38. The predicted molar refractivity (Wildman–Crippen MR) is 144 cm³/mol. The van der Waals surface area contributed by atoms with E-state index < -0.39 is 38.2 Å². The zero-order valence-corrected chi connectivity index (χ0v) is 24.0. The highest BCUT2D eigenvalue weighted by molar-refractivity contribution is 6.76. The molecule has 1 aromatic rings. The number of nitrogens with one attached hydrogen (secondary N) is 2. The first-order valence-corrected chi connectivity index (χ1v) is 16.8. The number of carbonyl (C=O) groups is 4. The van der Waals surface area contributed by atoms with Crippen LogP contribution < -0.4 is 10.6 Å². The number of hydrogen-bond acceptors (Lipinski definition) is 6. The lowest BCUT2D eigenvalue weighted by Crippen LogP contribution is -2.55. The van der Waals surface area contributed by atoms with Crippen LogP contribution in [-0.2, 0) is 30.5 Å². The molecule has 1 heterocycles. The number of carbonyl (C=O) groups excluding carboxylic acids is 4. The fourth-order valence-electron chi connectivity index (χ4n) is 4.06. The van der Waals surface area contributed by atoms with Crippen LogP contribution in [-0.4, -0.2) is 68.1 Å². The maximum Gasteiger partial charge on any atom is 0.408 e. The molecule has 37 heavy (non-hydrogen) atoms. The Balaban J connectivity index is 1.93. The molecule has 2 rings (SSSR count). The van der Waals surface area contributed by atoms with E-state index in [1.54, 1.807) is 6.92 Å². The molecular formula is C27H43N3O6Si. The van der Waals surface area contributed by atoms with E-state index in [0.717, 1.165) is 11.6 Å². The summed E-state index contributed by atoms with van der Waals surface area (Å²) in [5.74, 6) is -1.08. The van der Waals surface area contributed by atoms with E-state index in [1.165, 1.54) is 4.90 Å². The van der Waals surface area contributed by atoms with Crippen molar-refractivity contribution in [3.8, 4) is 0 Å². The average molecular weight is 534 g/mol. The molecule has 1 saturated heterocycles. The highest BCUT2D eigenvalue weighted by atomic mass is 28.3. The Morgan fingerprint density at radius 1 is 1.03 bits per heavy atom. The van der Waals surface area contributed by atoms with Gasteiger partial charge in [-0.1, -0.05) is 63.8 Å². The minimum absolute atomic E-state index is 0.0853. The third-order valence-corrected chi connectivity index (χ3v) is 7.87. The van der Waals surface area contributed by atoms with E-state index >= 15 is 0 Å². The van der Waals surface area contributed by atoms with Crippen molar-refractivity contribution in [1.29, 1.82) is 0 Å². The van der Waals surface area contributed by atoms with Crippen molar-refractivity contribution in [2.24, 2.45) is 5.92 Å². The van der Waals surface area contributed by atoms with Crippen LogP contribution in [0.1, 0.15) is 45.6 Å². The third kappa shape index (κ3) is 10.6. The predicted octanol–water partition coefficient (Wildman–Crippen LogP) is 3.70. The largest absolute Gasteiger partial charge is 0.464 e. The molecule has 1 aliphatic rings. The summed E-state index contributed by atoms with van der Waals surface area (Å²) in [7, 11) is -1.34. The summed E-state index contributed by atoms with van der Waals surface area (Å²) < 4.78 is 10.7. The first-order chi connectivity index (χ1) is 17.4. The van der Waals surface area contributed by atoms with E-state index in [9.17, 15) is 19.2 Å². The van der Waals surface area contributed by atoms with Gasteiger partial charge in [0.05, 0.1) is 6.61 Å². The molecule has 0 aromatic heterocycles. The van der Waals surface area contributed by atoms with Crippen LogP contribution >= 0.6 is 0 Å². The summed E-state index contributed by atoms with van der Waals surface area (Å²) in [6, 6.07) is 7.76. The van der Waals surface area contributed by atoms with Gasteiger partial charge in [0.2, 0.25) is 11.8 Å². The molecule has 0 radical (unpaired) electrons. The molecule has 0 spiro atoms. The normalized spacial score (nSPS) is 17.2. The summed E-state index contributed by atoms with van der Waals surface area (Å²) >= 11 is 0. The number of likely N-dealkylation sites (tertiary alicyclic amines) is 1. The van der Waals surface area contributed by atoms with Gasteiger partial charge >= 0.3 is 12.1 Å². The van der Waals surface area contributed by atoms with Gasteiger partial charge < -0.3 is 25.0 Å². The SMILES string of the molecule is CC(C)C[C@H](NC(=O)OCc1ccccc1)C(=O)N[C@@H](C)C(=O)N1CCC[C@H]1C(=O)OCC[Si](C)(C)C. The number of esters is 1. The van der Waals surface area contributed by atoms with Crippen LogP contribution in [0.2, 0.25) is 25.7 Å². The van der Waals surface area contributed by atoms with Crippen LogP contribution in [0.3, 0.4) is 0 Å². The smallest absolute Gasteiger partial charge is 0.408 e. The molecule has 0 saturated carbocycles. The second kappa shape index (κ2) is 14.2. The molecule has 9 nitrogen and oxygen atoms in total. The van der Waals surface area contributed by atoms with Gasteiger partial charge in [0.25, 0.3) is 0 Å². The van der Waals surface area contributed by atoms with Crippen molar-refractivity contribution in [3.63, 3.8) is 0 Å². The van der Waals surface area contributed by atoms with Crippen molar-refractivity contribution in [2.45, 2.75) is 90.5 Å². The maximum atomic E-state index is 13.2. The summed E-state index contributed by atoms with van der Waals surface area (Å²) in [4.78, 5) is 52.7.